The Bertz CT molecular complexity index is 416. The van der Waals surface area contributed by atoms with E-state index in [9.17, 15) is 8.78 Å². The van der Waals surface area contributed by atoms with E-state index in [1.54, 1.807) is 0 Å². The summed E-state index contributed by atoms with van der Waals surface area (Å²) in [5, 5.41) is 0. The second kappa shape index (κ2) is 3.21. The molecule has 0 aliphatic rings. The van der Waals surface area contributed by atoms with Gasteiger partial charge in [-0.05, 0) is 12.1 Å². The zero-order chi connectivity index (χ0) is 9.42. The van der Waals surface area contributed by atoms with E-state index in [1.807, 2.05) is 22.6 Å². The zero-order valence-corrected chi connectivity index (χ0v) is 8.51. The van der Waals surface area contributed by atoms with E-state index in [0.29, 0.717) is 10.3 Å². The van der Waals surface area contributed by atoms with Gasteiger partial charge in [0.2, 0.25) is 5.89 Å². The summed E-state index contributed by atoms with van der Waals surface area (Å²) in [4.78, 5) is 3.80. The molecule has 0 aliphatic carbocycles. The summed E-state index contributed by atoms with van der Waals surface area (Å²) in [6.07, 6.45) is 0. The molecular formula is C8H4F2INO. The van der Waals surface area contributed by atoms with Crippen LogP contribution in [0, 0.1) is 11.6 Å². The number of hydrogen-bond donors (Lipinski definition) is 0. The van der Waals surface area contributed by atoms with Crippen molar-refractivity contribution in [2.75, 3.05) is 0 Å². The molecule has 1 aromatic carbocycles. The van der Waals surface area contributed by atoms with Crippen LogP contribution in [-0.2, 0) is 4.43 Å². The van der Waals surface area contributed by atoms with Crippen LogP contribution in [-0.4, -0.2) is 4.98 Å². The third kappa shape index (κ3) is 1.41. The average Bonchev–Trinajstić information content (AvgIpc) is 2.56. The Morgan fingerprint density at radius 2 is 2.00 bits per heavy atom. The van der Waals surface area contributed by atoms with Gasteiger partial charge in [-0.2, -0.15) is 0 Å². The zero-order valence-electron chi connectivity index (χ0n) is 6.35. The monoisotopic (exact) mass is 295 g/mol. The van der Waals surface area contributed by atoms with Crippen LogP contribution in [0.5, 0.6) is 0 Å². The fourth-order valence-electron chi connectivity index (χ4n) is 1.05. The highest BCUT2D eigenvalue weighted by Gasteiger charge is 2.13. The highest BCUT2D eigenvalue weighted by molar-refractivity contribution is 14.1. The Morgan fingerprint density at radius 1 is 1.31 bits per heavy atom. The van der Waals surface area contributed by atoms with Crippen molar-refractivity contribution in [3.8, 4) is 0 Å². The molecule has 0 saturated carbocycles. The molecule has 0 spiro atoms. The Kier molecular flexibility index (Phi) is 2.19. The van der Waals surface area contributed by atoms with Gasteiger partial charge < -0.3 is 4.42 Å². The minimum atomic E-state index is -0.583. The van der Waals surface area contributed by atoms with Crippen molar-refractivity contribution in [1.82, 2.24) is 4.98 Å². The minimum absolute atomic E-state index is 0.0355. The van der Waals surface area contributed by atoms with Crippen LogP contribution in [0.3, 0.4) is 0 Å². The lowest BCUT2D eigenvalue weighted by Gasteiger charge is -1.89. The van der Waals surface area contributed by atoms with Gasteiger partial charge in [0, 0.05) is 0 Å². The number of benzene rings is 1. The number of fused-ring (bicyclic) bond motifs is 1. The minimum Gasteiger partial charge on any atom is -0.437 e. The van der Waals surface area contributed by atoms with Gasteiger partial charge >= 0.3 is 0 Å². The average molecular weight is 295 g/mol. The largest absolute Gasteiger partial charge is 0.437 e. The van der Waals surface area contributed by atoms with E-state index < -0.39 is 11.6 Å². The molecule has 2 nitrogen and oxygen atoms in total. The maximum absolute atomic E-state index is 13.0. The maximum Gasteiger partial charge on any atom is 0.205 e. The second-order valence-electron chi connectivity index (χ2n) is 2.45. The number of alkyl halides is 1. The highest BCUT2D eigenvalue weighted by atomic mass is 127. The van der Waals surface area contributed by atoms with E-state index >= 15 is 0 Å². The molecular weight excluding hydrogens is 291 g/mol. The van der Waals surface area contributed by atoms with E-state index in [-0.39, 0.29) is 11.1 Å². The van der Waals surface area contributed by atoms with Crippen molar-refractivity contribution in [2.24, 2.45) is 0 Å². The summed E-state index contributed by atoms with van der Waals surface area (Å²) in [6, 6.07) is 2.07. The predicted molar refractivity (Wildman–Crippen MR) is 51.6 cm³/mol. The fraction of sp³-hybridized carbons (Fsp3) is 0.125. The molecule has 0 fully saturated rings. The normalized spacial score (nSPS) is 11.0. The fourth-order valence-corrected chi connectivity index (χ4v) is 1.37. The van der Waals surface area contributed by atoms with Crippen LogP contribution < -0.4 is 0 Å². The molecule has 1 heterocycles. The number of rotatable bonds is 1. The Morgan fingerprint density at radius 3 is 2.62 bits per heavy atom. The maximum atomic E-state index is 13.0. The second-order valence-corrected chi connectivity index (χ2v) is 3.21. The number of halogens is 3. The Balaban J connectivity index is 2.80. The van der Waals surface area contributed by atoms with Crippen molar-refractivity contribution in [2.45, 2.75) is 4.43 Å². The van der Waals surface area contributed by atoms with Gasteiger partial charge in [0.1, 0.15) is 5.52 Å². The molecule has 0 N–H and O–H groups in total. The van der Waals surface area contributed by atoms with Gasteiger partial charge in [0.25, 0.3) is 0 Å². The molecule has 5 heteroatoms. The van der Waals surface area contributed by atoms with E-state index in [0.717, 1.165) is 12.1 Å². The highest BCUT2D eigenvalue weighted by Crippen LogP contribution is 2.22. The molecule has 1 aromatic heterocycles. The summed E-state index contributed by atoms with van der Waals surface area (Å²) in [5.74, 6) is -0.809. The number of oxazole rings is 1. The molecule has 2 rings (SSSR count). The van der Waals surface area contributed by atoms with Crippen LogP contribution in [0.25, 0.3) is 11.1 Å². The molecule has 2 aromatic rings. The Hall–Kier alpha value is -0.720. The Labute approximate surface area is 86.1 Å². The molecule has 0 bridgehead atoms. The number of nitrogens with zero attached hydrogens (tertiary/aromatic N) is 1. The molecule has 0 radical (unpaired) electrons. The smallest absolute Gasteiger partial charge is 0.205 e. The number of hydrogen-bond acceptors (Lipinski definition) is 2. The van der Waals surface area contributed by atoms with Gasteiger partial charge in [0.05, 0.1) is 4.43 Å². The summed E-state index contributed by atoms with van der Waals surface area (Å²) in [7, 11) is 0. The van der Waals surface area contributed by atoms with Crippen molar-refractivity contribution >= 4 is 33.7 Å². The van der Waals surface area contributed by atoms with Crippen molar-refractivity contribution in [1.29, 1.82) is 0 Å². The molecule has 13 heavy (non-hydrogen) atoms. The van der Waals surface area contributed by atoms with E-state index in [2.05, 4.69) is 4.98 Å². The van der Waals surface area contributed by atoms with Crippen LogP contribution in [0.1, 0.15) is 5.89 Å². The summed E-state index contributed by atoms with van der Waals surface area (Å²) in [6.45, 7) is 0. The summed E-state index contributed by atoms with van der Waals surface area (Å²) >= 11 is 2.01. The van der Waals surface area contributed by atoms with Crippen LogP contribution >= 0.6 is 22.6 Å². The lowest BCUT2D eigenvalue weighted by atomic mass is 10.3. The first kappa shape index (κ1) is 8.86. The summed E-state index contributed by atoms with van der Waals surface area (Å²) < 4.78 is 31.5. The quantitative estimate of drug-likeness (QED) is 0.597. The van der Waals surface area contributed by atoms with E-state index in [1.165, 1.54) is 0 Å². The van der Waals surface area contributed by atoms with Crippen molar-refractivity contribution < 1.29 is 13.2 Å². The first-order valence-electron chi connectivity index (χ1n) is 3.51. The molecule has 0 atom stereocenters. The van der Waals surface area contributed by atoms with E-state index in [4.69, 9.17) is 4.42 Å². The van der Waals surface area contributed by atoms with Gasteiger partial charge in [-0.25, -0.2) is 13.8 Å². The lowest BCUT2D eigenvalue weighted by Crippen LogP contribution is -1.81. The standard InChI is InChI=1S/C8H4F2INO/c9-4-1-2-5(10)8-7(4)12-6(3-11)13-8/h1-2H,3H2. The predicted octanol–water partition coefficient (Wildman–Crippen LogP) is 3.04. The van der Waals surface area contributed by atoms with Crippen LogP contribution in [0.4, 0.5) is 8.78 Å². The van der Waals surface area contributed by atoms with Gasteiger partial charge in [0.15, 0.2) is 17.2 Å². The lowest BCUT2D eigenvalue weighted by molar-refractivity contribution is 0.525. The molecule has 0 aliphatic heterocycles. The van der Waals surface area contributed by atoms with Crippen molar-refractivity contribution in [3.05, 3.63) is 29.7 Å². The van der Waals surface area contributed by atoms with Crippen molar-refractivity contribution in [3.63, 3.8) is 0 Å². The van der Waals surface area contributed by atoms with Gasteiger partial charge in [-0.3, -0.25) is 0 Å². The molecule has 68 valence electrons. The van der Waals surface area contributed by atoms with Crippen LogP contribution in [0.2, 0.25) is 0 Å². The molecule has 0 saturated heterocycles. The topological polar surface area (TPSA) is 26.0 Å². The number of aromatic nitrogens is 1. The SMILES string of the molecule is Fc1ccc(F)c2oc(CI)nc12. The van der Waals surface area contributed by atoms with Gasteiger partial charge in [-0.15, -0.1) is 0 Å². The van der Waals surface area contributed by atoms with Crippen LogP contribution in [0.15, 0.2) is 16.5 Å². The molecule has 0 unspecified atom stereocenters. The third-order valence-electron chi connectivity index (χ3n) is 1.60. The first-order valence-corrected chi connectivity index (χ1v) is 5.04. The molecule has 0 amide bonds. The van der Waals surface area contributed by atoms with Gasteiger partial charge in [-0.1, -0.05) is 22.6 Å². The first-order chi connectivity index (χ1) is 6.22. The summed E-state index contributed by atoms with van der Waals surface area (Å²) in [5.41, 5.74) is -0.140. The third-order valence-corrected chi connectivity index (χ3v) is 2.26.